The predicted octanol–water partition coefficient (Wildman–Crippen LogP) is -1.27. The fourth-order valence-electron chi connectivity index (χ4n) is 3.61. The van der Waals surface area contributed by atoms with E-state index in [4.69, 9.17) is 19.0 Å². The zero-order valence-electron chi connectivity index (χ0n) is 9.04. The van der Waals surface area contributed by atoms with Crippen molar-refractivity contribution in [2.24, 2.45) is 5.92 Å². The number of rotatable bonds is 0. The normalized spacial score (nSPS) is 60.0. The summed E-state index contributed by atoms with van der Waals surface area (Å²) in [5.74, 6) is 0.202. The van der Waals surface area contributed by atoms with E-state index in [1.165, 1.54) is 0 Å². The average Bonchev–Trinajstić information content (AvgIpc) is 2.92. The highest BCUT2D eigenvalue weighted by Gasteiger charge is 2.71. The molecule has 6 nitrogen and oxygen atoms in total. The highest BCUT2D eigenvalue weighted by molar-refractivity contribution is 5.17. The number of hydroxylamine groups is 2. The fourth-order valence-corrected chi connectivity index (χ4v) is 3.61. The molecule has 0 aliphatic carbocycles. The Morgan fingerprint density at radius 3 is 3.00 bits per heavy atom. The molecule has 6 heteroatoms. The molecule has 16 heavy (non-hydrogen) atoms. The van der Waals surface area contributed by atoms with E-state index >= 15 is 0 Å². The molecule has 0 aromatic heterocycles. The minimum absolute atomic E-state index is 0.202. The van der Waals surface area contributed by atoms with Crippen LogP contribution in [0.25, 0.3) is 0 Å². The molecule has 1 N–H and O–H groups in total. The minimum atomic E-state index is -0.615. The topological polar surface area (TPSA) is 60.4 Å². The second-order valence-corrected chi connectivity index (χ2v) is 4.95. The van der Waals surface area contributed by atoms with Crippen molar-refractivity contribution >= 4 is 0 Å². The molecule has 1 spiro atoms. The van der Waals surface area contributed by atoms with Crippen molar-refractivity contribution in [3.8, 4) is 0 Å². The van der Waals surface area contributed by atoms with Gasteiger partial charge in [-0.3, -0.25) is 4.84 Å². The number of hydrogen-bond acceptors (Lipinski definition) is 6. The zero-order valence-corrected chi connectivity index (χ0v) is 9.04. The molecule has 4 saturated heterocycles. The summed E-state index contributed by atoms with van der Waals surface area (Å²) in [4.78, 5) is 5.56. The quantitative estimate of drug-likeness (QED) is 0.559. The molecule has 2 bridgehead atoms. The molecule has 0 aromatic carbocycles. The lowest BCUT2D eigenvalue weighted by Crippen LogP contribution is -2.68. The molecule has 4 heterocycles. The Labute approximate surface area is 93.0 Å². The molecule has 4 rings (SSSR count). The summed E-state index contributed by atoms with van der Waals surface area (Å²) in [5, 5.41) is 12.3. The van der Waals surface area contributed by atoms with Crippen LogP contribution < -0.4 is 0 Å². The summed E-state index contributed by atoms with van der Waals surface area (Å²) in [7, 11) is 1.86. The lowest BCUT2D eigenvalue weighted by molar-refractivity contribution is -0.275. The zero-order chi connectivity index (χ0) is 10.9. The largest absolute Gasteiger partial charge is 0.388 e. The van der Waals surface area contributed by atoms with Crippen LogP contribution in [0.2, 0.25) is 0 Å². The molecule has 6 atom stereocenters. The van der Waals surface area contributed by atoms with Gasteiger partial charge in [-0.05, 0) is 0 Å². The molecule has 0 radical (unpaired) electrons. The molecule has 4 fully saturated rings. The Morgan fingerprint density at radius 2 is 2.12 bits per heavy atom. The summed E-state index contributed by atoms with van der Waals surface area (Å²) in [6.07, 6.45) is -1.48. The van der Waals surface area contributed by atoms with Gasteiger partial charge in [0.25, 0.3) is 0 Å². The van der Waals surface area contributed by atoms with Crippen molar-refractivity contribution in [2.75, 3.05) is 26.9 Å². The Kier molecular flexibility index (Phi) is 1.80. The first-order valence-electron chi connectivity index (χ1n) is 5.68. The van der Waals surface area contributed by atoms with Crippen LogP contribution in [0.5, 0.6) is 0 Å². The van der Waals surface area contributed by atoms with E-state index in [2.05, 4.69) is 0 Å². The number of fused-ring (bicyclic) bond motifs is 3. The Hall–Kier alpha value is -0.240. The van der Waals surface area contributed by atoms with Crippen LogP contribution in [-0.2, 0) is 19.0 Å². The van der Waals surface area contributed by atoms with E-state index in [9.17, 15) is 5.11 Å². The number of aliphatic hydroxyl groups excluding tert-OH is 1. The monoisotopic (exact) mass is 229 g/mol. The van der Waals surface area contributed by atoms with Crippen LogP contribution in [0.1, 0.15) is 0 Å². The third kappa shape index (κ3) is 0.870. The van der Waals surface area contributed by atoms with Crippen LogP contribution in [0.15, 0.2) is 0 Å². The van der Waals surface area contributed by atoms with Crippen molar-refractivity contribution < 1.29 is 24.2 Å². The molecule has 0 aromatic rings. The van der Waals surface area contributed by atoms with Gasteiger partial charge >= 0.3 is 0 Å². The van der Waals surface area contributed by atoms with Crippen LogP contribution >= 0.6 is 0 Å². The molecule has 0 saturated carbocycles. The number of nitrogens with zero attached hydrogens (tertiary/aromatic N) is 1. The van der Waals surface area contributed by atoms with Crippen molar-refractivity contribution in [2.45, 2.75) is 30.1 Å². The summed E-state index contributed by atoms with van der Waals surface area (Å²) >= 11 is 0. The third-order valence-electron chi connectivity index (χ3n) is 4.41. The second kappa shape index (κ2) is 2.95. The Balaban J connectivity index is 1.83. The van der Waals surface area contributed by atoms with Gasteiger partial charge in [0.05, 0.1) is 19.8 Å². The predicted molar refractivity (Wildman–Crippen MR) is 50.3 cm³/mol. The van der Waals surface area contributed by atoms with Crippen LogP contribution in [0, 0.1) is 5.92 Å². The van der Waals surface area contributed by atoms with E-state index in [-0.39, 0.29) is 24.4 Å². The number of likely N-dealkylation sites (N-methyl/N-ethyl adjacent to an activating group) is 1. The number of hydrogen-bond donors (Lipinski definition) is 1. The van der Waals surface area contributed by atoms with E-state index in [1.54, 1.807) is 5.06 Å². The van der Waals surface area contributed by atoms with Crippen molar-refractivity contribution in [3.63, 3.8) is 0 Å². The van der Waals surface area contributed by atoms with Gasteiger partial charge in [-0.15, -0.1) is 0 Å². The first-order valence-corrected chi connectivity index (χ1v) is 5.68. The first-order chi connectivity index (χ1) is 7.74. The van der Waals surface area contributed by atoms with Gasteiger partial charge in [-0.2, -0.15) is 5.06 Å². The maximum atomic E-state index is 10.5. The van der Waals surface area contributed by atoms with Crippen LogP contribution in [-0.4, -0.2) is 67.2 Å². The van der Waals surface area contributed by atoms with E-state index in [0.29, 0.717) is 19.8 Å². The lowest BCUT2D eigenvalue weighted by Gasteiger charge is -2.46. The summed E-state index contributed by atoms with van der Waals surface area (Å²) in [5.41, 5.74) is -0.482. The van der Waals surface area contributed by atoms with E-state index in [1.807, 2.05) is 7.05 Å². The van der Waals surface area contributed by atoms with Gasteiger partial charge in [-0.25, -0.2) is 0 Å². The van der Waals surface area contributed by atoms with Gasteiger partial charge < -0.3 is 19.3 Å². The maximum absolute atomic E-state index is 10.5. The lowest BCUT2D eigenvalue weighted by atomic mass is 9.75. The van der Waals surface area contributed by atoms with Crippen LogP contribution in [0.4, 0.5) is 0 Å². The second-order valence-electron chi connectivity index (χ2n) is 4.95. The molecule has 0 amide bonds. The average molecular weight is 229 g/mol. The van der Waals surface area contributed by atoms with Crippen molar-refractivity contribution in [3.05, 3.63) is 0 Å². The molecule has 4 aliphatic rings. The van der Waals surface area contributed by atoms with Crippen molar-refractivity contribution in [1.82, 2.24) is 5.06 Å². The molecule has 90 valence electrons. The maximum Gasteiger partial charge on any atom is 0.186 e. The van der Waals surface area contributed by atoms with Gasteiger partial charge in [0.1, 0.15) is 23.9 Å². The highest BCUT2D eigenvalue weighted by Crippen LogP contribution is 2.51. The van der Waals surface area contributed by atoms with Gasteiger partial charge in [0, 0.05) is 13.0 Å². The summed E-state index contributed by atoms with van der Waals surface area (Å²) < 4.78 is 16.9. The van der Waals surface area contributed by atoms with Gasteiger partial charge in [0.2, 0.25) is 0 Å². The first kappa shape index (κ1) is 9.76. The van der Waals surface area contributed by atoms with Gasteiger partial charge in [0.15, 0.2) is 6.29 Å². The Bertz CT molecular complexity index is 326. The smallest absolute Gasteiger partial charge is 0.186 e. The molecular formula is C10H15NO5. The SMILES string of the molecule is CN1OC[C@H]2CO[C@@H]3[C@@H]4OC[C@@H](O4)[C@@H](O)[C@]231. The van der Waals surface area contributed by atoms with Crippen LogP contribution in [0.3, 0.4) is 0 Å². The van der Waals surface area contributed by atoms with E-state index < -0.39 is 11.6 Å². The van der Waals surface area contributed by atoms with Gasteiger partial charge in [-0.1, -0.05) is 0 Å². The minimum Gasteiger partial charge on any atom is -0.388 e. The molecular weight excluding hydrogens is 214 g/mol. The number of ether oxygens (including phenoxy) is 3. The highest BCUT2D eigenvalue weighted by atomic mass is 16.8. The fraction of sp³-hybridized carbons (Fsp3) is 1.00. The summed E-state index contributed by atoms with van der Waals surface area (Å²) in [6, 6.07) is 0. The standard InChI is InChI=1S/C10H15NO5/c1-11-10-5(3-15-11)2-13-8(10)9-14-4-6(16-9)7(10)12/h5-9,12H,2-4H2,1H3/t5-,6-,7-,8-,9-,10-/m1/s1. The molecule has 4 aliphatic heterocycles. The summed E-state index contributed by atoms with van der Waals surface area (Å²) in [6.45, 7) is 1.64. The molecule has 0 unspecified atom stereocenters. The van der Waals surface area contributed by atoms with Crippen molar-refractivity contribution in [1.29, 1.82) is 0 Å². The number of aliphatic hydroxyl groups is 1. The van der Waals surface area contributed by atoms with E-state index in [0.717, 1.165) is 0 Å². The third-order valence-corrected chi connectivity index (χ3v) is 4.41. The Morgan fingerprint density at radius 1 is 1.25 bits per heavy atom.